The van der Waals surface area contributed by atoms with Crippen molar-refractivity contribution in [3.8, 4) is 0 Å². The van der Waals surface area contributed by atoms with Crippen LogP contribution < -0.4 is 0 Å². The zero-order valence-electron chi connectivity index (χ0n) is 9.16. The molecule has 0 N–H and O–H groups in total. The number of carbonyl (C=O) groups is 1. The minimum absolute atomic E-state index is 0. The topological polar surface area (TPSA) is 29.5 Å². The summed E-state index contributed by atoms with van der Waals surface area (Å²) >= 11 is 0. The second-order valence-corrected chi connectivity index (χ2v) is 2.51. The summed E-state index contributed by atoms with van der Waals surface area (Å²) in [6.45, 7) is 9.91. The molecular formula is C10H20ClNO2. The van der Waals surface area contributed by atoms with Gasteiger partial charge in [-0.25, -0.2) is 4.79 Å². The van der Waals surface area contributed by atoms with Gasteiger partial charge in [0.15, 0.2) is 0 Å². The lowest BCUT2D eigenvalue weighted by Gasteiger charge is -2.01. The first-order valence-electron chi connectivity index (χ1n) is 4.13. The van der Waals surface area contributed by atoms with Crippen LogP contribution in [0.5, 0.6) is 0 Å². The lowest BCUT2D eigenvalue weighted by atomic mass is 10.6. The zero-order valence-corrected chi connectivity index (χ0v) is 9.97. The molecule has 0 saturated heterocycles. The quantitative estimate of drug-likeness (QED) is 0.413. The molecule has 0 radical (unpaired) electrons. The average molecular weight is 222 g/mol. The summed E-state index contributed by atoms with van der Waals surface area (Å²) in [7, 11) is 4.03. The predicted octanol–water partition coefficient (Wildman–Crippen LogP) is 1.89. The maximum absolute atomic E-state index is 10.1. The Balaban J connectivity index is -0.000000163. The Morgan fingerprint density at radius 1 is 1.43 bits per heavy atom. The number of likely N-dealkylation sites (N-methyl/N-ethyl adjacent to an activating group) is 1. The van der Waals surface area contributed by atoms with E-state index in [0.717, 1.165) is 12.6 Å². The van der Waals surface area contributed by atoms with Gasteiger partial charge in [-0.1, -0.05) is 12.7 Å². The summed E-state index contributed by atoms with van der Waals surface area (Å²) < 4.78 is 4.43. The normalized spacial score (nSPS) is 7.71. The molecule has 0 amide bonds. The third-order valence-electron chi connectivity index (χ3n) is 0.948. The van der Waals surface area contributed by atoms with Crippen LogP contribution >= 0.6 is 12.4 Å². The fraction of sp³-hybridized carbons (Fsp3) is 0.500. The zero-order chi connectivity index (χ0) is 10.7. The van der Waals surface area contributed by atoms with Crippen LogP contribution in [0.1, 0.15) is 6.92 Å². The van der Waals surface area contributed by atoms with E-state index in [2.05, 4.69) is 22.8 Å². The van der Waals surface area contributed by atoms with Crippen LogP contribution in [0.25, 0.3) is 0 Å². The summed E-state index contributed by atoms with van der Waals surface area (Å²) in [4.78, 5) is 12.1. The van der Waals surface area contributed by atoms with Crippen molar-refractivity contribution in [2.24, 2.45) is 0 Å². The van der Waals surface area contributed by atoms with Crippen LogP contribution in [0, 0.1) is 0 Å². The van der Waals surface area contributed by atoms with Crippen molar-refractivity contribution in [1.29, 1.82) is 0 Å². The van der Waals surface area contributed by atoms with Crippen LogP contribution in [0.3, 0.4) is 0 Å². The first-order valence-corrected chi connectivity index (χ1v) is 4.13. The van der Waals surface area contributed by atoms with Gasteiger partial charge in [-0.05, 0) is 21.0 Å². The third-order valence-corrected chi connectivity index (χ3v) is 0.948. The maximum atomic E-state index is 10.1. The molecule has 0 saturated carbocycles. The van der Waals surface area contributed by atoms with Crippen molar-refractivity contribution >= 4 is 18.4 Å². The summed E-state index contributed by atoms with van der Waals surface area (Å²) in [6.07, 6.45) is 3.02. The Morgan fingerprint density at radius 3 is 2.00 bits per heavy atom. The van der Waals surface area contributed by atoms with Gasteiger partial charge in [0, 0.05) is 12.6 Å². The van der Waals surface area contributed by atoms with Crippen LogP contribution in [0.2, 0.25) is 0 Å². The molecule has 0 rings (SSSR count). The standard InChI is InChI=1S/C5H11N.C5H8O2.ClH/c1-4-5-6(2)3;1-3-5(6)7-4-2;/h4H,1,5H2,2-3H3;3H,1,4H2,2H3;1H. The molecular weight excluding hydrogens is 202 g/mol. The molecule has 14 heavy (non-hydrogen) atoms. The SMILES string of the molecule is C=CC(=O)OCC.C=CCN(C)C.Cl. The lowest BCUT2D eigenvalue weighted by molar-refractivity contribution is -0.137. The summed E-state index contributed by atoms with van der Waals surface area (Å²) in [5.41, 5.74) is 0. The van der Waals surface area contributed by atoms with E-state index in [1.807, 2.05) is 20.2 Å². The van der Waals surface area contributed by atoms with Gasteiger partial charge in [0.1, 0.15) is 0 Å². The van der Waals surface area contributed by atoms with Crippen molar-refractivity contribution in [1.82, 2.24) is 4.90 Å². The lowest BCUT2D eigenvalue weighted by Crippen LogP contribution is -2.09. The van der Waals surface area contributed by atoms with Gasteiger partial charge in [0.05, 0.1) is 6.61 Å². The molecule has 0 aliphatic carbocycles. The molecule has 0 aromatic rings. The van der Waals surface area contributed by atoms with Gasteiger partial charge in [-0.15, -0.1) is 19.0 Å². The highest BCUT2D eigenvalue weighted by molar-refractivity contribution is 5.85. The third kappa shape index (κ3) is 22.5. The predicted molar refractivity (Wildman–Crippen MR) is 62.8 cm³/mol. The van der Waals surface area contributed by atoms with Gasteiger partial charge in [-0.2, -0.15) is 0 Å². The number of rotatable bonds is 4. The molecule has 0 bridgehead atoms. The molecule has 0 atom stereocenters. The van der Waals surface area contributed by atoms with Crippen molar-refractivity contribution in [2.45, 2.75) is 6.92 Å². The molecule has 0 unspecified atom stereocenters. The number of hydrogen-bond donors (Lipinski definition) is 0. The number of halogens is 1. The van der Waals surface area contributed by atoms with E-state index in [1.54, 1.807) is 6.92 Å². The fourth-order valence-corrected chi connectivity index (χ4v) is 0.459. The van der Waals surface area contributed by atoms with E-state index in [9.17, 15) is 4.79 Å². The van der Waals surface area contributed by atoms with Gasteiger partial charge in [-0.3, -0.25) is 0 Å². The summed E-state index contributed by atoms with van der Waals surface area (Å²) in [5.74, 6) is -0.359. The van der Waals surface area contributed by atoms with Crippen LogP contribution in [-0.2, 0) is 9.53 Å². The number of esters is 1. The Hall–Kier alpha value is -0.800. The Labute approximate surface area is 92.8 Å². The van der Waals surface area contributed by atoms with Gasteiger partial charge in [0.2, 0.25) is 0 Å². The molecule has 0 spiro atoms. The first-order chi connectivity index (χ1) is 6.08. The average Bonchev–Trinajstić information content (AvgIpc) is 2.05. The minimum Gasteiger partial charge on any atom is -0.463 e. The number of carbonyl (C=O) groups excluding carboxylic acids is 1. The Bertz CT molecular complexity index is 158. The second-order valence-electron chi connectivity index (χ2n) is 2.51. The van der Waals surface area contributed by atoms with Crippen LogP contribution in [-0.4, -0.2) is 38.1 Å². The van der Waals surface area contributed by atoms with Gasteiger partial charge < -0.3 is 9.64 Å². The number of nitrogens with zero attached hydrogens (tertiary/aromatic N) is 1. The van der Waals surface area contributed by atoms with Crippen molar-refractivity contribution in [3.63, 3.8) is 0 Å². The Morgan fingerprint density at radius 2 is 1.93 bits per heavy atom. The highest BCUT2D eigenvalue weighted by Crippen LogP contribution is 1.74. The van der Waals surface area contributed by atoms with E-state index in [4.69, 9.17) is 0 Å². The highest BCUT2D eigenvalue weighted by Gasteiger charge is 1.86. The molecule has 84 valence electrons. The van der Waals surface area contributed by atoms with Crippen LogP contribution in [0.4, 0.5) is 0 Å². The smallest absolute Gasteiger partial charge is 0.330 e. The van der Waals surface area contributed by atoms with Crippen LogP contribution in [0.15, 0.2) is 25.3 Å². The molecule has 0 aliphatic heterocycles. The Kier molecular flexibility index (Phi) is 19.8. The fourth-order valence-electron chi connectivity index (χ4n) is 0.459. The molecule has 3 nitrogen and oxygen atoms in total. The van der Waals surface area contributed by atoms with E-state index in [1.165, 1.54) is 0 Å². The van der Waals surface area contributed by atoms with E-state index in [-0.39, 0.29) is 18.4 Å². The number of ether oxygens (including phenoxy) is 1. The highest BCUT2D eigenvalue weighted by atomic mass is 35.5. The minimum atomic E-state index is -0.359. The first kappa shape index (κ1) is 18.9. The van der Waals surface area contributed by atoms with E-state index >= 15 is 0 Å². The molecule has 0 aromatic heterocycles. The monoisotopic (exact) mass is 221 g/mol. The molecule has 0 aromatic carbocycles. The largest absolute Gasteiger partial charge is 0.463 e. The molecule has 4 heteroatoms. The molecule has 0 heterocycles. The van der Waals surface area contributed by atoms with Gasteiger partial charge in [0.25, 0.3) is 0 Å². The maximum Gasteiger partial charge on any atom is 0.330 e. The van der Waals surface area contributed by atoms with Gasteiger partial charge >= 0.3 is 5.97 Å². The van der Waals surface area contributed by atoms with Crippen molar-refractivity contribution in [2.75, 3.05) is 27.2 Å². The summed E-state index contributed by atoms with van der Waals surface area (Å²) in [6, 6.07) is 0. The summed E-state index contributed by atoms with van der Waals surface area (Å²) in [5, 5.41) is 0. The number of hydrogen-bond acceptors (Lipinski definition) is 3. The van der Waals surface area contributed by atoms with Crippen molar-refractivity contribution < 1.29 is 9.53 Å². The molecule has 0 aliphatic rings. The van der Waals surface area contributed by atoms with Crippen molar-refractivity contribution in [3.05, 3.63) is 25.3 Å². The van der Waals surface area contributed by atoms with E-state index < -0.39 is 0 Å². The van der Waals surface area contributed by atoms with E-state index in [0.29, 0.717) is 6.61 Å². The second kappa shape index (κ2) is 14.7. The molecule has 0 fully saturated rings.